The minimum Gasteiger partial charge on any atom is -0.496 e. The molecule has 1 aliphatic rings. The molecule has 0 unspecified atom stereocenters. The minimum absolute atomic E-state index is 0.0665. The van der Waals surface area contributed by atoms with Gasteiger partial charge < -0.3 is 10.1 Å². The Morgan fingerprint density at radius 1 is 1.12 bits per heavy atom. The van der Waals surface area contributed by atoms with Crippen LogP contribution in [0, 0.1) is 0 Å². The number of hydrogen-bond acceptors (Lipinski definition) is 7. The van der Waals surface area contributed by atoms with E-state index in [9.17, 15) is 13.2 Å². The maximum Gasteiger partial charge on any atom is 0.243 e. The number of carbonyl (C=O) groups excluding carboxylic acids is 1. The van der Waals surface area contributed by atoms with Crippen LogP contribution in [0.2, 0.25) is 0 Å². The van der Waals surface area contributed by atoms with Crippen LogP contribution in [0.3, 0.4) is 0 Å². The van der Waals surface area contributed by atoms with E-state index in [1.165, 1.54) is 11.3 Å². The van der Waals surface area contributed by atoms with Gasteiger partial charge in [0, 0.05) is 29.6 Å². The Bertz CT molecular complexity index is 1250. The molecule has 0 bridgehead atoms. The van der Waals surface area contributed by atoms with E-state index in [4.69, 9.17) is 4.74 Å². The zero-order chi connectivity index (χ0) is 24.1. The average molecular weight is 565 g/mol. The molecule has 0 aliphatic carbocycles. The SMILES string of the molecule is COc1ccc(C(=O)CNc2nc(-c3ccc(S(=O)(=O)N4CCCCCC4)cc3)cs2)cc1Br. The standard InChI is InChI=1S/C24H26BrN3O4S2/c1-32-23-11-8-18(14-20(23)25)22(29)15-26-24-27-21(16-33-24)17-6-9-19(10-7-17)34(30,31)28-12-4-2-3-5-13-28/h6-11,14,16H,2-5,12-13,15H2,1H3,(H,26,27). The van der Waals surface area contributed by atoms with Crippen molar-refractivity contribution < 1.29 is 17.9 Å². The molecule has 1 aromatic heterocycles. The summed E-state index contributed by atoms with van der Waals surface area (Å²) in [5.74, 6) is 0.600. The number of halogens is 1. The highest BCUT2D eigenvalue weighted by atomic mass is 79.9. The summed E-state index contributed by atoms with van der Waals surface area (Å²) in [4.78, 5) is 17.4. The van der Waals surface area contributed by atoms with Gasteiger partial charge in [0.25, 0.3) is 0 Å². The number of rotatable bonds is 8. The van der Waals surface area contributed by atoms with Crippen LogP contribution >= 0.6 is 27.3 Å². The van der Waals surface area contributed by atoms with Gasteiger partial charge in [0.05, 0.1) is 28.7 Å². The minimum atomic E-state index is -3.48. The molecule has 1 fully saturated rings. The van der Waals surface area contributed by atoms with Gasteiger partial charge in [0.1, 0.15) is 5.75 Å². The summed E-state index contributed by atoms with van der Waals surface area (Å²) in [6, 6.07) is 12.1. The number of thiazole rings is 1. The van der Waals surface area contributed by atoms with Crippen molar-refractivity contribution in [1.29, 1.82) is 0 Å². The maximum absolute atomic E-state index is 13.0. The first-order valence-corrected chi connectivity index (χ1v) is 14.2. The van der Waals surface area contributed by atoms with Crippen LogP contribution in [0.1, 0.15) is 36.0 Å². The summed E-state index contributed by atoms with van der Waals surface area (Å²) >= 11 is 4.79. The molecule has 1 aliphatic heterocycles. The molecular weight excluding hydrogens is 538 g/mol. The number of ether oxygens (including phenoxy) is 1. The quantitative estimate of drug-likeness (QED) is 0.367. The number of aromatic nitrogens is 1. The Kier molecular flexibility index (Phi) is 8.02. The highest BCUT2D eigenvalue weighted by molar-refractivity contribution is 9.10. The average Bonchev–Trinajstić information content (AvgIpc) is 3.14. The number of nitrogens with zero attached hydrogens (tertiary/aromatic N) is 2. The molecule has 10 heteroatoms. The lowest BCUT2D eigenvalue weighted by Gasteiger charge is -2.19. The molecular formula is C24H26BrN3O4S2. The zero-order valence-corrected chi connectivity index (χ0v) is 22.0. The lowest BCUT2D eigenvalue weighted by atomic mass is 10.1. The second kappa shape index (κ2) is 11.0. The van der Waals surface area contributed by atoms with E-state index >= 15 is 0 Å². The van der Waals surface area contributed by atoms with Crippen LogP contribution < -0.4 is 10.1 Å². The van der Waals surface area contributed by atoms with E-state index in [1.807, 2.05) is 5.38 Å². The molecule has 7 nitrogen and oxygen atoms in total. The molecule has 0 saturated carbocycles. The Balaban J connectivity index is 1.40. The predicted octanol–water partition coefficient (Wildman–Crippen LogP) is 5.44. The van der Waals surface area contributed by atoms with Crippen LogP contribution in [0.5, 0.6) is 5.75 Å². The summed E-state index contributed by atoms with van der Waals surface area (Å²) in [7, 11) is -1.90. The van der Waals surface area contributed by atoms with Crippen LogP contribution in [-0.4, -0.2) is 50.2 Å². The number of anilines is 1. The molecule has 2 aromatic carbocycles. The Hall–Kier alpha value is -2.27. The fourth-order valence-corrected chi connectivity index (χ4v) is 6.59. The molecule has 0 spiro atoms. The molecule has 0 amide bonds. The number of hydrogen-bond donors (Lipinski definition) is 1. The van der Waals surface area contributed by atoms with E-state index < -0.39 is 10.0 Å². The van der Waals surface area contributed by atoms with Crippen molar-refractivity contribution in [1.82, 2.24) is 9.29 Å². The monoisotopic (exact) mass is 563 g/mol. The van der Waals surface area contributed by atoms with Gasteiger partial charge in [-0.1, -0.05) is 25.0 Å². The fraction of sp³-hybridized carbons (Fsp3) is 0.333. The van der Waals surface area contributed by atoms with Crippen molar-refractivity contribution in [2.24, 2.45) is 0 Å². The third kappa shape index (κ3) is 5.68. The van der Waals surface area contributed by atoms with Crippen molar-refractivity contribution in [2.45, 2.75) is 30.6 Å². The van der Waals surface area contributed by atoms with Crippen molar-refractivity contribution in [3.8, 4) is 17.0 Å². The number of Topliss-reactive ketones (excluding diaryl/α,β-unsaturated/α-hetero) is 1. The molecule has 34 heavy (non-hydrogen) atoms. The van der Waals surface area contributed by atoms with Gasteiger partial charge >= 0.3 is 0 Å². The summed E-state index contributed by atoms with van der Waals surface area (Å²) < 4.78 is 33.5. The highest BCUT2D eigenvalue weighted by Crippen LogP contribution is 2.28. The van der Waals surface area contributed by atoms with Gasteiger partial charge in [-0.25, -0.2) is 13.4 Å². The summed E-state index contributed by atoms with van der Waals surface area (Å²) in [5, 5.41) is 5.58. The van der Waals surface area contributed by atoms with Gasteiger partial charge in [0.15, 0.2) is 10.9 Å². The topological polar surface area (TPSA) is 88.6 Å². The van der Waals surface area contributed by atoms with Gasteiger partial charge in [0.2, 0.25) is 10.0 Å². The first-order chi connectivity index (χ1) is 16.4. The van der Waals surface area contributed by atoms with Crippen molar-refractivity contribution in [3.05, 3.63) is 57.9 Å². The van der Waals surface area contributed by atoms with Crippen LogP contribution in [-0.2, 0) is 10.0 Å². The lowest BCUT2D eigenvalue weighted by molar-refractivity contribution is 0.101. The molecule has 0 atom stereocenters. The second-order valence-corrected chi connectivity index (χ2v) is 11.7. The largest absolute Gasteiger partial charge is 0.496 e. The van der Waals surface area contributed by atoms with Gasteiger partial charge in [-0.05, 0) is 59.1 Å². The normalized spacial score (nSPS) is 15.0. The molecule has 180 valence electrons. The number of benzene rings is 2. The second-order valence-electron chi connectivity index (χ2n) is 8.01. The first kappa shape index (κ1) is 24.8. The van der Waals surface area contributed by atoms with E-state index in [-0.39, 0.29) is 12.3 Å². The van der Waals surface area contributed by atoms with Crippen molar-refractivity contribution in [2.75, 3.05) is 32.1 Å². The van der Waals surface area contributed by atoms with E-state index in [0.717, 1.165) is 41.4 Å². The molecule has 2 heterocycles. The molecule has 1 N–H and O–H groups in total. The number of carbonyl (C=O) groups is 1. The summed E-state index contributed by atoms with van der Waals surface area (Å²) in [5.41, 5.74) is 2.12. The molecule has 3 aromatic rings. The Morgan fingerprint density at radius 2 is 1.82 bits per heavy atom. The fourth-order valence-electron chi connectivity index (χ4n) is 3.81. The third-order valence-electron chi connectivity index (χ3n) is 5.73. The Labute approximate surface area is 212 Å². The maximum atomic E-state index is 13.0. The van der Waals surface area contributed by atoms with Gasteiger partial charge in [-0.2, -0.15) is 4.31 Å². The van der Waals surface area contributed by atoms with Gasteiger partial charge in [-0.3, -0.25) is 4.79 Å². The number of sulfonamides is 1. The number of ketones is 1. The third-order valence-corrected chi connectivity index (χ3v) is 9.06. The molecule has 4 rings (SSSR count). The summed E-state index contributed by atoms with van der Waals surface area (Å²) in [6.07, 6.45) is 3.97. The van der Waals surface area contributed by atoms with E-state index in [2.05, 4.69) is 26.2 Å². The van der Waals surface area contributed by atoms with E-state index in [1.54, 1.807) is 53.9 Å². The number of methoxy groups -OCH3 is 1. The number of nitrogens with one attached hydrogen (secondary N) is 1. The summed E-state index contributed by atoms with van der Waals surface area (Å²) in [6.45, 7) is 1.27. The van der Waals surface area contributed by atoms with Crippen molar-refractivity contribution in [3.63, 3.8) is 0 Å². The van der Waals surface area contributed by atoms with Crippen LogP contribution in [0.4, 0.5) is 5.13 Å². The zero-order valence-electron chi connectivity index (χ0n) is 18.8. The highest BCUT2D eigenvalue weighted by Gasteiger charge is 2.25. The smallest absolute Gasteiger partial charge is 0.243 e. The molecule has 0 radical (unpaired) electrons. The van der Waals surface area contributed by atoms with Crippen LogP contribution in [0.15, 0.2) is 57.2 Å². The molecule has 1 saturated heterocycles. The van der Waals surface area contributed by atoms with Crippen LogP contribution in [0.25, 0.3) is 11.3 Å². The predicted molar refractivity (Wildman–Crippen MR) is 138 cm³/mol. The van der Waals surface area contributed by atoms with Crippen molar-refractivity contribution >= 4 is 48.2 Å². The lowest BCUT2D eigenvalue weighted by Crippen LogP contribution is -2.31. The van der Waals surface area contributed by atoms with Gasteiger partial charge in [-0.15, -0.1) is 11.3 Å². The Morgan fingerprint density at radius 3 is 2.47 bits per heavy atom. The van der Waals surface area contributed by atoms with E-state index in [0.29, 0.717) is 34.4 Å². The first-order valence-electron chi connectivity index (χ1n) is 11.1.